The van der Waals surface area contributed by atoms with E-state index in [-0.39, 0.29) is 5.78 Å². The minimum atomic E-state index is 0.0588. The minimum absolute atomic E-state index is 0.0588. The highest BCUT2D eigenvalue weighted by molar-refractivity contribution is 9.11. The predicted molar refractivity (Wildman–Crippen MR) is 59.2 cm³/mol. The van der Waals surface area contributed by atoms with E-state index in [2.05, 4.69) is 20.8 Å². The normalized spacial score (nSPS) is 19.0. The molecule has 1 aliphatic rings. The van der Waals surface area contributed by atoms with Gasteiger partial charge in [-0.05, 0) is 35.0 Å². The third-order valence-corrected chi connectivity index (χ3v) is 2.64. The Bertz CT molecular complexity index is 255. The fourth-order valence-corrected chi connectivity index (χ4v) is 1.65. The first-order chi connectivity index (χ1) is 6.70. The molecule has 1 fully saturated rings. The van der Waals surface area contributed by atoms with E-state index >= 15 is 0 Å². The summed E-state index contributed by atoms with van der Waals surface area (Å²) in [4.78, 5) is 12.8. The molecule has 0 aromatic rings. The van der Waals surface area contributed by atoms with Crippen LogP contribution in [0.15, 0.2) is 22.8 Å². The lowest BCUT2D eigenvalue weighted by molar-refractivity contribution is -0.112. The van der Waals surface area contributed by atoms with E-state index in [0.29, 0.717) is 0 Å². The van der Waals surface area contributed by atoms with Crippen LogP contribution >= 0.6 is 15.9 Å². The number of carbonyl (C=O) groups is 1. The topological polar surface area (TPSA) is 29.5 Å². The van der Waals surface area contributed by atoms with Gasteiger partial charge in [-0.15, -0.1) is 0 Å². The zero-order valence-electron chi connectivity index (χ0n) is 8.20. The Kier molecular flexibility index (Phi) is 4.90. The lowest BCUT2D eigenvalue weighted by atomic mass is 10.3. The van der Waals surface area contributed by atoms with Gasteiger partial charge in [-0.1, -0.05) is 6.08 Å². The van der Waals surface area contributed by atoms with Crippen LogP contribution in [0, 0.1) is 0 Å². The van der Waals surface area contributed by atoms with Crippen molar-refractivity contribution < 1.29 is 9.53 Å². The van der Waals surface area contributed by atoms with E-state index in [0.717, 1.165) is 30.9 Å². The van der Waals surface area contributed by atoms with Gasteiger partial charge in [0.25, 0.3) is 0 Å². The minimum Gasteiger partial charge on any atom is -0.378 e. The molecule has 0 atom stereocenters. The first kappa shape index (κ1) is 11.5. The number of hydrogen-bond acceptors (Lipinski definition) is 3. The van der Waals surface area contributed by atoms with E-state index in [9.17, 15) is 4.79 Å². The van der Waals surface area contributed by atoms with E-state index in [1.807, 2.05) is 6.08 Å². The summed E-state index contributed by atoms with van der Waals surface area (Å²) in [5.74, 6) is 0.0588. The van der Waals surface area contributed by atoms with Gasteiger partial charge < -0.3 is 9.64 Å². The van der Waals surface area contributed by atoms with Crippen molar-refractivity contribution in [3.63, 3.8) is 0 Å². The van der Waals surface area contributed by atoms with Crippen LogP contribution in [0.2, 0.25) is 0 Å². The van der Waals surface area contributed by atoms with Gasteiger partial charge in [-0.3, -0.25) is 4.79 Å². The summed E-state index contributed by atoms with van der Waals surface area (Å²) >= 11 is 3.46. The highest BCUT2D eigenvalue weighted by Crippen LogP contribution is 2.13. The van der Waals surface area contributed by atoms with Crippen LogP contribution in [0.1, 0.15) is 6.92 Å². The molecule has 0 spiro atoms. The number of halogens is 1. The Morgan fingerprint density at radius 2 is 2.07 bits per heavy atom. The summed E-state index contributed by atoms with van der Waals surface area (Å²) in [6.45, 7) is 4.85. The average Bonchev–Trinajstić information content (AvgIpc) is 2.18. The molecule has 1 aliphatic heterocycles. The second kappa shape index (κ2) is 5.98. The standard InChI is InChI=1S/C10H14BrNO2/c1-9(13)3-2-4-10(11)12-5-7-14-8-6-12/h2-4H,5-8H2,1H3/b3-2+,10-4+. The monoisotopic (exact) mass is 259 g/mol. The summed E-state index contributed by atoms with van der Waals surface area (Å²) in [7, 11) is 0. The lowest BCUT2D eigenvalue weighted by Crippen LogP contribution is -2.34. The molecule has 0 aromatic carbocycles. The molecule has 0 aromatic heterocycles. The Balaban J connectivity index is 2.45. The SMILES string of the molecule is CC(=O)/C=C/C=C(\Br)N1CCOCC1. The van der Waals surface area contributed by atoms with Crippen LogP contribution in [-0.2, 0) is 9.53 Å². The van der Waals surface area contributed by atoms with E-state index in [1.165, 1.54) is 6.92 Å². The van der Waals surface area contributed by atoms with Gasteiger partial charge in [-0.25, -0.2) is 0 Å². The van der Waals surface area contributed by atoms with Crippen LogP contribution < -0.4 is 0 Å². The van der Waals surface area contributed by atoms with Crippen molar-refractivity contribution in [2.24, 2.45) is 0 Å². The van der Waals surface area contributed by atoms with Crippen molar-refractivity contribution in [1.82, 2.24) is 4.90 Å². The maximum absolute atomic E-state index is 10.6. The second-order valence-corrected chi connectivity index (χ2v) is 3.87. The maximum Gasteiger partial charge on any atom is 0.152 e. The molecular formula is C10H14BrNO2. The third-order valence-electron chi connectivity index (χ3n) is 1.88. The average molecular weight is 260 g/mol. The first-order valence-corrected chi connectivity index (χ1v) is 5.36. The second-order valence-electron chi connectivity index (χ2n) is 3.06. The number of allylic oxidation sites excluding steroid dienone is 3. The van der Waals surface area contributed by atoms with Gasteiger partial charge in [0.05, 0.1) is 17.8 Å². The number of morpholine rings is 1. The number of ketones is 1. The van der Waals surface area contributed by atoms with Gasteiger partial charge in [0.2, 0.25) is 0 Å². The molecule has 0 bridgehead atoms. The summed E-state index contributed by atoms with van der Waals surface area (Å²) in [5, 5.41) is 0. The van der Waals surface area contributed by atoms with Crippen molar-refractivity contribution in [3.05, 3.63) is 22.8 Å². The Morgan fingerprint density at radius 3 is 2.64 bits per heavy atom. The molecular weight excluding hydrogens is 246 g/mol. The number of nitrogens with zero attached hydrogens (tertiary/aromatic N) is 1. The Labute approximate surface area is 92.5 Å². The molecule has 0 N–H and O–H groups in total. The number of hydrogen-bond donors (Lipinski definition) is 0. The molecule has 0 saturated carbocycles. The lowest BCUT2D eigenvalue weighted by Gasteiger charge is -2.27. The van der Waals surface area contributed by atoms with Crippen LogP contribution in [0.3, 0.4) is 0 Å². The summed E-state index contributed by atoms with van der Waals surface area (Å²) in [5.41, 5.74) is 0. The van der Waals surface area contributed by atoms with Crippen LogP contribution in [0.4, 0.5) is 0 Å². The van der Waals surface area contributed by atoms with Crippen LogP contribution in [0.25, 0.3) is 0 Å². The highest BCUT2D eigenvalue weighted by atomic mass is 79.9. The Morgan fingerprint density at radius 1 is 1.43 bits per heavy atom. The van der Waals surface area contributed by atoms with E-state index in [4.69, 9.17) is 4.74 Å². The molecule has 1 rings (SSSR count). The fourth-order valence-electron chi connectivity index (χ4n) is 1.15. The number of rotatable bonds is 3. The van der Waals surface area contributed by atoms with Crippen LogP contribution in [-0.4, -0.2) is 37.0 Å². The van der Waals surface area contributed by atoms with Crippen molar-refractivity contribution >= 4 is 21.7 Å². The van der Waals surface area contributed by atoms with Gasteiger partial charge in [0, 0.05) is 13.1 Å². The van der Waals surface area contributed by atoms with Gasteiger partial charge in [0.1, 0.15) is 0 Å². The van der Waals surface area contributed by atoms with Crippen molar-refractivity contribution in [1.29, 1.82) is 0 Å². The molecule has 78 valence electrons. The highest BCUT2D eigenvalue weighted by Gasteiger charge is 2.10. The molecule has 0 amide bonds. The van der Waals surface area contributed by atoms with E-state index in [1.54, 1.807) is 12.2 Å². The fraction of sp³-hybridized carbons (Fsp3) is 0.500. The summed E-state index contributed by atoms with van der Waals surface area (Å²) in [6.07, 6.45) is 5.18. The van der Waals surface area contributed by atoms with Crippen molar-refractivity contribution in [3.8, 4) is 0 Å². The summed E-state index contributed by atoms with van der Waals surface area (Å²) in [6, 6.07) is 0. The molecule has 0 radical (unpaired) electrons. The molecule has 0 aliphatic carbocycles. The molecule has 0 unspecified atom stereocenters. The van der Waals surface area contributed by atoms with Crippen molar-refractivity contribution in [2.45, 2.75) is 6.92 Å². The van der Waals surface area contributed by atoms with Gasteiger partial charge in [0.15, 0.2) is 5.78 Å². The van der Waals surface area contributed by atoms with Gasteiger partial charge >= 0.3 is 0 Å². The van der Waals surface area contributed by atoms with Crippen LogP contribution in [0.5, 0.6) is 0 Å². The smallest absolute Gasteiger partial charge is 0.152 e. The largest absolute Gasteiger partial charge is 0.378 e. The first-order valence-electron chi connectivity index (χ1n) is 4.57. The Hall–Kier alpha value is -0.610. The molecule has 14 heavy (non-hydrogen) atoms. The van der Waals surface area contributed by atoms with E-state index < -0.39 is 0 Å². The summed E-state index contributed by atoms with van der Waals surface area (Å²) < 4.78 is 6.23. The third kappa shape index (κ3) is 4.07. The quantitative estimate of drug-likeness (QED) is 0.439. The molecule has 4 heteroatoms. The zero-order valence-corrected chi connectivity index (χ0v) is 9.79. The van der Waals surface area contributed by atoms with Gasteiger partial charge in [-0.2, -0.15) is 0 Å². The van der Waals surface area contributed by atoms with Crippen molar-refractivity contribution in [2.75, 3.05) is 26.3 Å². The predicted octanol–water partition coefficient (Wildman–Crippen LogP) is 1.70. The zero-order chi connectivity index (χ0) is 10.4. The number of carbonyl (C=O) groups excluding carboxylic acids is 1. The maximum atomic E-state index is 10.6. The number of ether oxygens (including phenoxy) is 1. The molecule has 3 nitrogen and oxygen atoms in total. The molecule has 1 saturated heterocycles. The molecule has 1 heterocycles.